The van der Waals surface area contributed by atoms with Gasteiger partial charge in [-0.1, -0.05) is 23.7 Å². The highest BCUT2D eigenvalue weighted by Gasteiger charge is 2.27. The molecule has 0 aromatic heterocycles. The summed E-state index contributed by atoms with van der Waals surface area (Å²) in [5.41, 5.74) is 1.34. The third-order valence-corrected chi connectivity index (χ3v) is 4.88. The van der Waals surface area contributed by atoms with E-state index in [9.17, 15) is 14.3 Å². The van der Waals surface area contributed by atoms with E-state index in [1.807, 2.05) is 0 Å². The number of hydrogen-bond donors (Lipinski definition) is 3. The molecule has 3 N–H and O–H groups in total. The van der Waals surface area contributed by atoms with E-state index in [0.717, 1.165) is 18.7 Å². The fourth-order valence-corrected chi connectivity index (χ4v) is 3.30. The first-order valence-corrected chi connectivity index (χ1v) is 8.87. The predicted octanol–water partition coefficient (Wildman–Crippen LogP) is 1.57. The molecule has 1 heterocycles. The number of nitrogens with one attached hydrogen (secondary N) is 2. The minimum Gasteiger partial charge on any atom is -0.506 e. The number of phenols is 1. The number of benzene rings is 2. The fourth-order valence-electron chi connectivity index (χ4n) is 3.12. The van der Waals surface area contributed by atoms with Gasteiger partial charge >= 0.3 is 0 Å². The van der Waals surface area contributed by atoms with Crippen molar-refractivity contribution in [1.82, 2.24) is 5.32 Å². The van der Waals surface area contributed by atoms with E-state index in [1.54, 1.807) is 12.1 Å². The van der Waals surface area contributed by atoms with Crippen LogP contribution in [-0.4, -0.2) is 43.9 Å². The van der Waals surface area contributed by atoms with Crippen molar-refractivity contribution in [1.29, 1.82) is 0 Å². The highest BCUT2D eigenvalue weighted by molar-refractivity contribution is 6.32. The quantitative estimate of drug-likeness (QED) is 0.739. The first-order valence-electron chi connectivity index (χ1n) is 8.49. The standard InChI is InChI=1S/C19H20ClFN2O3/c20-16-11-14(3-6-18(16)24)19(25)22-12-17(23-7-9-26-10-8-23)13-1-4-15(21)5-2-13/h1-6,11,17,24H,7-10,12H2,(H,22,25)/p+1/t17-/m0/s1. The zero-order valence-corrected chi connectivity index (χ0v) is 14.9. The van der Waals surface area contributed by atoms with E-state index in [-0.39, 0.29) is 28.5 Å². The molecule has 5 nitrogen and oxygen atoms in total. The predicted molar refractivity (Wildman–Crippen MR) is 96.1 cm³/mol. The number of rotatable bonds is 5. The van der Waals surface area contributed by atoms with Crippen LogP contribution in [0.15, 0.2) is 42.5 Å². The van der Waals surface area contributed by atoms with Crippen LogP contribution >= 0.6 is 11.6 Å². The molecule has 0 saturated carbocycles. The van der Waals surface area contributed by atoms with Gasteiger partial charge in [0.15, 0.2) is 0 Å². The van der Waals surface area contributed by atoms with Gasteiger partial charge in [-0.25, -0.2) is 4.39 Å². The molecule has 2 aromatic carbocycles. The van der Waals surface area contributed by atoms with Gasteiger partial charge in [0.1, 0.15) is 30.7 Å². The van der Waals surface area contributed by atoms with E-state index in [1.165, 1.54) is 35.2 Å². The maximum absolute atomic E-state index is 13.3. The lowest BCUT2D eigenvalue weighted by molar-refractivity contribution is -0.937. The van der Waals surface area contributed by atoms with Gasteiger partial charge in [-0.3, -0.25) is 4.79 Å². The summed E-state index contributed by atoms with van der Waals surface area (Å²) in [6, 6.07) is 10.7. The summed E-state index contributed by atoms with van der Waals surface area (Å²) in [7, 11) is 0. The van der Waals surface area contributed by atoms with Crippen molar-refractivity contribution in [2.45, 2.75) is 6.04 Å². The van der Waals surface area contributed by atoms with E-state index < -0.39 is 0 Å². The normalized spacial score (nSPS) is 16.2. The van der Waals surface area contributed by atoms with Crippen LogP contribution in [0.2, 0.25) is 5.02 Å². The Hall–Kier alpha value is -2.15. The second-order valence-electron chi connectivity index (χ2n) is 6.25. The van der Waals surface area contributed by atoms with E-state index in [2.05, 4.69) is 5.32 Å². The first kappa shape index (κ1) is 18.6. The molecule has 1 saturated heterocycles. The monoisotopic (exact) mass is 379 g/mol. The van der Waals surface area contributed by atoms with Crippen molar-refractivity contribution in [2.24, 2.45) is 0 Å². The molecule has 26 heavy (non-hydrogen) atoms. The largest absolute Gasteiger partial charge is 0.506 e. The van der Waals surface area contributed by atoms with Crippen molar-refractivity contribution in [3.8, 4) is 5.75 Å². The number of ether oxygens (including phenoxy) is 1. The fraction of sp³-hybridized carbons (Fsp3) is 0.316. The van der Waals surface area contributed by atoms with Gasteiger partial charge in [-0.2, -0.15) is 0 Å². The first-order chi connectivity index (χ1) is 12.5. The summed E-state index contributed by atoms with van der Waals surface area (Å²) in [5, 5.41) is 12.5. The molecule has 1 fully saturated rings. The van der Waals surface area contributed by atoms with Gasteiger partial charge in [0.25, 0.3) is 5.91 Å². The average molecular weight is 380 g/mol. The Labute approximate surface area is 156 Å². The molecule has 1 atom stereocenters. The van der Waals surface area contributed by atoms with Gasteiger partial charge in [-0.05, 0) is 30.3 Å². The summed E-state index contributed by atoms with van der Waals surface area (Å²) in [6.07, 6.45) is 0. The van der Waals surface area contributed by atoms with Crippen LogP contribution in [0.3, 0.4) is 0 Å². The zero-order chi connectivity index (χ0) is 18.5. The van der Waals surface area contributed by atoms with Crippen LogP contribution in [0, 0.1) is 5.82 Å². The number of halogens is 2. The molecule has 1 aliphatic heterocycles. The molecular formula is C19H21ClFN2O3+. The Morgan fingerprint density at radius 2 is 1.92 bits per heavy atom. The van der Waals surface area contributed by atoms with Crippen LogP contribution in [0.1, 0.15) is 22.0 Å². The van der Waals surface area contributed by atoms with Crippen molar-refractivity contribution in [2.75, 3.05) is 32.8 Å². The van der Waals surface area contributed by atoms with E-state index in [0.29, 0.717) is 25.3 Å². The molecular weight excluding hydrogens is 359 g/mol. The topological polar surface area (TPSA) is 63.0 Å². The Bertz CT molecular complexity index is 764. The lowest BCUT2D eigenvalue weighted by Gasteiger charge is -2.32. The summed E-state index contributed by atoms with van der Waals surface area (Å²) < 4.78 is 18.7. The minimum absolute atomic E-state index is 0.00367. The summed E-state index contributed by atoms with van der Waals surface area (Å²) in [5.74, 6) is -0.621. The van der Waals surface area contributed by atoms with Crippen LogP contribution in [0.5, 0.6) is 5.75 Å². The summed E-state index contributed by atoms with van der Waals surface area (Å²) in [4.78, 5) is 13.7. The van der Waals surface area contributed by atoms with Gasteiger partial charge in [0.05, 0.1) is 24.8 Å². The third-order valence-electron chi connectivity index (χ3n) is 4.58. The number of carbonyl (C=O) groups excluding carboxylic acids is 1. The second kappa shape index (κ2) is 8.49. The maximum Gasteiger partial charge on any atom is 0.251 e. The summed E-state index contributed by atoms with van der Waals surface area (Å²) in [6.45, 7) is 3.37. The third kappa shape index (κ3) is 4.52. The highest BCUT2D eigenvalue weighted by atomic mass is 35.5. The molecule has 0 radical (unpaired) electrons. The van der Waals surface area contributed by atoms with Gasteiger partial charge in [-0.15, -0.1) is 0 Å². The van der Waals surface area contributed by atoms with E-state index in [4.69, 9.17) is 16.3 Å². The molecule has 138 valence electrons. The Morgan fingerprint density at radius 1 is 1.23 bits per heavy atom. The Balaban J connectivity index is 1.73. The molecule has 2 aromatic rings. The van der Waals surface area contributed by atoms with Crippen molar-refractivity contribution < 1.29 is 23.9 Å². The number of morpholine rings is 1. The molecule has 0 unspecified atom stereocenters. The molecule has 3 rings (SSSR count). The SMILES string of the molecule is O=C(NC[C@@H](c1ccc(F)cc1)[NH+]1CCOCC1)c1ccc(O)c(Cl)c1. The van der Waals surface area contributed by atoms with Gasteiger partial charge in [0, 0.05) is 11.1 Å². The second-order valence-corrected chi connectivity index (χ2v) is 6.66. The molecule has 1 aliphatic rings. The van der Waals surface area contributed by atoms with Gasteiger partial charge < -0.3 is 20.1 Å². The Morgan fingerprint density at radius 3 is 2.58 bits per heavy atom. The minimum atomic E-state index is -0.285. The smallest absolute Gasteiger partial charge is 0.251 e. The lowest BCUT2D eigenvalue weighted by atomic mass is 10.0. The Kier molecular flexibility index (Phi) is 6.08. The van der Waals surface area contributed by atoms with Crippen LogP contribution < -0.4 is 10.2 Å². The number of hydrogen-bond acceptors (Lipinski definition) is 3. The van der Waals surface area contributed by atoms with Crippen LogP contribution in [0.25, 0.3) is 0 Å². The summed E-state index contributed by atoms with van der Waals surface area (Å²) >= 11 is 5.87. The number of quaternary nitrogens is 1. The van der Waals surface area contributed by atoms with Crippen molar-refractivity contribution >= 4 is 17.5 Å². The molecule has 0 spiro atoms. The van der Waals surface area contributed by atoms with E-state index >= 15 is 0 Å². The number of aromatic hydroxyl groups is 1. The maximum atomic E-state index is 13.3. The van der Waals surface area contributed by atoms with Crippen molar-refractivity contribution in [3.63, 3.8) is 0 Å². The highest BCUT2D eigenvalue weighted by Crippen LogP contribution is 2.23. The molecule has 0 bridgehead atoms. The molecule has 1 amide bonds. The van der Waals surface area contributed by atoms with Crippen molar-refractivity contribution in [3.05, 3.63) is 64.4 Å². The number of amides is 1. The lowest BCUT2D eigenvalue weighted by Crippen LogP contribution is -3.15. The molecule has 0 aliphatic carbocycles. The van der Waals surface area contributed by atoms with Gasteiger partial charge in [0.2, 0.25) is 0 Å². The van der Waals surface area contributed by atoms with Crippen LogP contribution in [-0.2, 0) is 4.74 Å². The number of phenolic OH excluding ortho intramolecular Hbond substituents is 1. The molecule has 7 heteroatoms. The number of carbonyl (C=O) groups is 1. The zero-order valence-electron chi connectivity index (χ0n) is 14.2. The average Bonchev–Trinajstić information content (AvgIpc) is 2.66. The van der Waals surface area contributed by atoms with Crippen LogP contribution in [0.4, 0.5) is 4.39 Å².